The summed E-state index contributed by atoms with van der Waals surface area (Å²) in [5.74, 6) is 2.07. The fraction of sp³-hybridized carbons (Fsp3) is 0.481. The van der Waals surface area contributed by atoms with E-state index in [1.54, 1.807) is 42.7 Å². The van der Waals surface area contributed by atoms with Crippen molar-refractivity contribution in [2.75, 3.05) is 13.7 Å². The van der Waals surface area contributed by atoms with Crippen molar-refractivity contribution in [2.24, 2.45) is 11.8 Å². The van der Waals surface area contributed by atoms with E-state index in [1.807, 2.05) is 10.4 Å². The first-order valence-corrected chi connectivity index (χ1v) is 15.0. The Balaban J connectivity index is 1.29. The summed E-state index contributed by atoms with van der Waals surface area (Å²) in [5, 5.41) is 0. The number of carbonyl (C=O) groups excluding carboxylic acids is 1. The van der Waals surface area contributed by atoms with Crippen LogP contribution in [0.25, 0.3) is 10.2 Å². The van der Waals surface area contributed by atoms with E-state index in [1.165, 1.54) is 10.7 Å². The predicted molar refractivity (Wildman–Crippen MR) is 139 cm³/mol. The van der Waals surface area contributed by atoms with Crippen LogP contribution in [0.2, 0.25) is 0 Å². The van der Waals surface area contributed by atoms with Gasteiger partial charge in [-0.25, -0.2) is 13.4 Å². The Kier molecular flexibility index (Phi) is 6.25. The standard InChI is InChI=1S/C27H31N3O4S2/c1-34-22-7-9-23(10-8-22)36(32,33)30-12-2-3-25(30)27(31)29(21-6-5-19-14-20(19)15-21)16-18-4-11-26-24(13-18)28-17-35-26/h4,7-11,13,17,19-21,25H,2-3,5-6,12,14-16H2,1H3/t19-,20-,21-,25+/m1/s1. The molecule has 0 unspecified atom stereocenters. The van der Waals surface area contributed by atoms with Gasteiger partial charge in [-0.1, -0.05) is 6.07 Å². The Hall–Kier alpha value is -2.49. The lowest BCUT2D eigenvalue weighted by Crippen LogP contribution is -2.51. The number of benzene rings is 2. The minimum absolute atomic E-state index is 0.0629. The number of ether oxygens (including phenoxy) is 1. The maximum Gasteiger partial charge on any atom is 0.243 e. The second-order valence-electron chi connectivity index (χ2n) is 10.3. The fourth-order valence-electron chi connectivity index (χ4n) is 6.04. The summed E-state index contributed by atoms with van der Waals surface area (Å²) in [6.45, 7) is 0.847. The minimum atomic E-state index is -3.80. The highest BCUT2D eigenvalue weighted by atomic mass is 32.2. The maximum absolute atomic E-state index is 14.2. The van der Waals surface area contributed by atoms with Gasteiger partial charge in [-0.3, -0.25) is 4.79 Å². The van der Waals surface area contributed by atoms with Crippen LogP contribution in [0.1, 0.15) is 44.1 Å². The molecule has 3 aliphatic rings. The van der Waals surface area contributed by atoms with E-state index in [0.29, 0.717) is 37.6 Å². The van der Waals surface area contributed by atoms with Crippen LogP contribution in [-0.2, 0) is 21.4 Å². The summed E-state index contributed by atoms with van der Waals surface area (Å²) in [6.07, 6.45) is 5.67. The third-order valence-corrected chi connectivity index (χ3v) is 10.9. The van der Waals surface area contributed by atoms with Gasteiger partial charge in [0.1, 0.15) is 11.8 Å². The lowest BCUT2D eigenvalue weighted by Gasteiger charge is -2.37. The van der Waals surface area contributed by atoms with Gasteiger partial charge < -0.3 is 9.64 Å². The lowest BCUT2D eigenvalue weighted by atomic mass is 9.93. The van der Waals surface area contributed by atoms with Crippen LogP contribution < -0.4 is 4.74 Å². The quantitative estimate of drug-likeness (QED) is 0.448. The number of thiazole rings is 1. The number of sulfonamides is 1. The van der Waals surface area contributed by atoms with Gasteiger partial charge in [0.25, 0.3) is 0 Å². The van der Waals surface area contributed by atoms with E-state index in [-0.39, 0.29) is 16.8 Å². The fourth-order valence-corrected chi connectivity index (χ4v) is 8.35. The summed E-state index contributed by atoms with van der Waals surface area (Å²) in [4.78, 5) is 20.8. The maximum atomic E-state index is 14.2. The topological polar surface area (TPSA) is 79.8 Å². The van der Waals surface area contributed by atoms with Gasteiger partial charge in [0.15, 0.2) is 0 Å². The first kappa shape index (κ1) is 23.9. The van der Waals surface area contributed by atoms with Crippen molar-refractivity contribution in [2.45, 2.75) is 62.0 Å². The summed E-state index contributed by atoms with van der Waals surface area (Å²) < 4.78 is 34.9. The molecule has 1 amide bonds. The summed E-state index contributed by atoms with van der Waals surface area (Å²) in [6, 6.07) is 12.1. The second-order valence-corrected chi connectivity index (χ2v) is 13.1. The van der Waals surface area contributed by atoms with E-state index in [0.717, 1.165) is 41.0 Å². The third-order valence-electron chi connectivity index (χ3n) is 8.14. The van der Waals surface area contributed by atoms with Crippen LogP contribution in [-0.4, -0.2) is 54.3 Å². The first-order valence-electron chi connectivity index (χ1n) is 12.7. The molecule has 2 heterocycles. The van der Waals surface area contributed by atoms with Crippen LogP contribution in [0.5, 0.6) is 5.75 Å². The molecule has 2 aliphatic carbocycles. The molecule has 2 saturated carbocycles. The number of aromatic nitrogens is 1. The Morgan fingerprint density at radius 1 is 1.11 bits per heavy atom. The molecule has 36 heavy (non-hydrogen) atoms. The highest BCUT2D eigenvalue weighted by Gasteiger charge is 2.47. The van der Waals surface area contributed by atoms with Crippen molar-refractivity contribution in [3.63, 3.8) is 0 Å². The summed E-state index contributed by atoms with van der Waals surface area (Å²) in [5.41, 5.74) is 3.83. The molecule has 0 bridgehead atoms. The number of nitrogens with zero attached hydrogens (tertiary/aromatic N) is 3. The van der Waals surface area contributed by atoms with Gasteiger partial charge in [-0.05, 0) is 92.3 Å². The number of carbonyl (C=O) groups is 1. The van der Waals surface area contributed by atoms with Gasteiger partial charge in [0.05, 0.1) is 27.7 Å². The average molecular weight is 526 g/mol. The molecule has 7 nitrogen and oxygen atoms in total. The molecule has 0 radical (unpaired) electrons. The van der Waals surface area contributed by atoms with Crippen molar-refractivity contribution < 1.29 is 17.9 Å². The van der Waals surface area contributed by atoms with Gasteiger partial charge >= 0.3 is 0 Å². The van der Waals surface area contributed by atoms with E-state index < -0.39 is 16.1 Å². The first-order chi connectivity index (χ1) is 17.4. The van der Waals surface area contributed by atoms with Gasteiger partial charge in [-0.15, -0.1) is 11.3 Å². The molecule has 190 valence electrons. The zero-order valence-electron chi connectivity index (χ0n) is 20.4. The Morgan fingerprint density at radius 3 is 2.72 bits per heavy atom. The SMILES string of the molecule is COc1ccc(S(=O)(=O)N2CCC[C@H]2C(=O)N(Cc2ccc3scnc3c2)[C@@H]2CC[C@@H]3C[C@@H]3C2)cc1. The molecule has 0 spiro atoms. The van der Waals surface area contributed by atoms with E-state index in [9.17, 15) is 13.2 Å². The monoisotopic (exact) mass is 525 g/mol. The minimum Gasteiger partial charge on any atom is -0.497 e. The van der Waals surface area contributed by atoms with Crippen molar-refractivity contribution in [3.8, 4) is 5.75 Å². The zero-order chi connectivity index (χ0) is 24.9. The number of rotatable bonds is 7. The Labute approximate surface area is 216 Å². The summed E-state index contributed by atoms with van der Waals surface area (Å²) >= 11 is 1.61. The van der Waals surface area contributed by atoms with Crippen molar-refractivity contribution in [1.29, 1.82) is 0 Å². The molecule has 3 fully saturated rings. The molecule has 2 aromatic carbocycles. The van der Waals surface area contributed by atoms with Crippen molar-refractivity contribution in [1.82, 2.24) is 14.2 Å². The molecule has 1 saturated heterocycles. The molecule has 4 atom stereocenters. The average Bonchev–Trinajstić information content (AvgIpc) is 3.26. The van der Waals surface area contributed by atoms with Gasteiger partial charge in [0, 0.05) is 19.1 Å². The van der Waals surface area contributed by atoms with Crippen molar-refractivity contribution >= 4 is 37.5 Å². The second kappa shape index (κ2) is 9.43. The Bertz CT molecular complexity index is 1370. The number of fused-ring (bicyclic) bond motifs is 2. The highest BCUT2D eigenvalue weighted by Crippen LogP contribution is 2.50. The molecule has 9 heteroatoms. The number of hydrogen-bond acceptors (Lipinski definition) is 6. The third kappa shape index (κ3) is 4.41. The van der Waals surface area contributed by atoms with Gasteiger partial charge in [0.2, 0.25) is 15.9 Å². The van der Waals surface area contributed by atoms with Crippen LogP contribution in [0.4, 0.5) is 0 Å². The van der Waals surface area contributed by atoms with Crippen LogP contribution in [0.3, 0.4) is 0 Å². The van der Waals surface area contributed by atoms with Crippen molar-refractivity contribution in [3.05, 3.63) is 53.5 Å². The normalized spacial score (nSPS) is 26.0. The van der Waals surface area contributed by atoms with Crippen LogP contribution in [0, 0.1) is 11.8 Å². The predicted octanol–water partition coefficient (Wildman–Crippen LogP) is 4.68. The summed E-state index contributed by atoms with van der Waals surface area (Å²) in [7, 11) is -2.25. The van der Waals surface area contributed by atoms with Crippen LogP contribution in [0.15, 0.2) is 52.9 Å². The van der Waals surface area contributed by atoms with Crippen LogP contribution >= 0.6 is 11.3 Å². The lowest BCUT2D eigenvalue weighted by molar-refractivity contribution is -0.138. The number of hydrogen-bond donors (Lipinski definition) is 0. The largest absolute Gasteiger partial charge is 0.497 e. The molecule has 3 aromatic rings. The molecule has 6 rings (SSSR count). The number of methoxy groups -OCH3 is 1. The highest BCUT2D eigenvalue weighted by molar-refractivity contribution is 7.89. The molecular formula is C27H31N3O4S2. The molecule has 0 N–H and O–H groups in total. The smallest absolute Gasteiger partial charge is 0.243 e. The van der Waals surface area contributed by atoms with E-state index in [4.69, 9.17) is 4.74 Å². The Morgan fingerprint density at radius 2 is 1.94 bits per heavy atom. The van der Waals surface area contributed by atoms with E-state index in [2.05, 4.69) is 23.2 Å². The zero-order valence-corrected chi connectivity index (χ0v) is 22.0. The van der Waals surface area contributed by atoms with E-state index >= 15 is 0 Å². The molecule has 1 aromatic heterocycles. The number of amides is 1. The van der Waals surface area contributed by atoms with Gasteiger partial charge in [-0.2, -0.15) is 4.31 Å². The molecular weight excluding hydrogens is 494 g/mol. The molecule has 1 aliphatic heterocycles.